The molecule has 8 heavy (non-hydrogen) atoms. The minimum Gasteiger partial charge on any atom is -0.241 e. The van der Waals surface area contributed by atoms with Crippen LogP contribution in [0.4, 0.5) is 0 Å². The molecule has 0 aliphatic rings. The topological polar surface area (TPSA) is 25.8 Å². The van der Waals surface area contributed by atoms with E-state index >= 15 is 0 Å². The molecular weight excluding hydrogens is 100 g/mol. The minimum absolute atomic E-state index is 0.231. The van der Waals surface area contributed by atoms with Crippen molar-refractivity contribution in [3.8, 4) is 0 Å². The Bertz CT molecular complexity index is 205. The summed E-state index contributed by atoms with van der Waals surface area (Å²) in [4.78, 5) is 7.53. The smallest absolute Gasteiger partial charge is 0.127 e. The summed E-state index contributed by atoms with van der Waals surface area (Å²) in [7, 11) is 0. The summed E-state index contributed by atoms with van der Waals surface area (Å²) in [5.41, 5.74) is 0. The molecular formula is C6H8N2. The molecule has 0 spiro atoms. The monoisotopic (exact) mass is 110 g/mol. The first kappa shape index (κ1) is 3.17. The molecule has 0 atom stereocenters. The lowest BCUT2D eigenvalue weighted by molar-refractivity contribution is 0.939. The van der Waals surface area contributed by atoms with Gasteiger partial charge in [-0.3, -0.25) is 0 Å². The Morgan fingerprint density at radius 2 is 2.25 bits per heavy atom. The van der Waals surface area contributed by atoms with E-state index in [1.54, 1.807) is 6.07 Å². The third-order valence-electron chi connectivity index (χ3n) is 0.789. The van der Waals surface area contributed by atoms with Crippen LogP contribution >= 0.6 is 0 Å². The molecule has 1 rings (SSSR count). The Morgan fingerprint density at radius 3 is 2.62 bits per heavy atom. The van der Waals surface area contributed by atoms with E-state index in [9.17, 15) is 0 Å². The first-order valence-electron chi connectivity index (χ1n) is 3.38. The second-order valence-corrected chi connectivity index (χ2v) is 1.32. The molecule has 1 heterocycles. The van der Waals surface area contributed by atoms with Gasteiger partial charge in [0.15, 0.2) is 0 Å². The summed E-state index contributed by atoms with van der Waals surface area (Å²) in [5, 5.41) is 0. The SMILES string of the molecule is [2H]C([2H])(C)c1ncccn1. The van der Waals surface area contributed by atoms with Gasteiger partial charge in [-0.15, -0.1) is 0 Å². The van der Waals surface area contributed by atoms with Gasteiger partial charge in [-0.2, -0.15) is 0 Å². The number of rotatable bonds is 1. The summed E-state index contributed by atoms with van der Waals surface area (Å²) in [5.74, 6) is 0.231. The van der Waals surface area contributed by atoms with Crippen molar-refractivity contribution in [2.75, 3.05) is 0 Å². The van der Waals surface area contributed by atoms with Gasteiger partial charge in [-0.25, -0.2) is 9.97 Å². The van der Waals surface area contributed by atoms with Crippen LogP contribution in [-0.2, 0) is 6.37 Å². The highest BCUT2D eigenvalue weighted by Gasteiger charge is 1.83. The van der Waals surface area contributed by atoms with Crippen LogP contribution < -0.4 is 0 Å². The lowest BCUT2D eigenvalue weighted by atomic mass is 10.4. The average Bonchev–Trinajstić information content (AvgIpc) is 1.88. The second-order valence-electron chi connectivity index (χ2n) is 1.32. The molecule has 0 amide bonds. The molecule has 1 aromatic rings. The zero-order chi connectivity index (χ0) is 7.61. The molecule has 2 nitrogen and oxygen atoms in total. The number of nitrogens with zero attached hydrogens (tertiary/aromatic N) is 2. The van der Waals surface area contributed by atoms with Crippen LogP contribution in [0.1, 0.15) is 15.5 Å². The molecule has 0 saturated carbocycles. The summed E-state index contributed by atoms with van der Waals surface area (Å²) in [6.07, 6.45) is 1.63. The van der Waals surface area contributed by atoms with Gasteiger partial charge in [0.05, 0.1) is 0 Å². The Labute approximate surface area is 51.4 Å². The van der Waals surface area contributed by atoms with Gasteiger partial charge in [0.2, 0.25) is 0 Å². The maximum Gasteiger partial charge on any atom is 0.127 e. The normalized spacial score (nSPS) is 14.6. The fraction of sp³-hybridized carbons (Fsp3) is 0.333. The van der Waals surface area contributed by atoms with Crippen LogP contribution in [-0.4, -0.2) is 9.97 Å². The first-order valence-corrected chi connectivity index (χ1v) is 2.38. The Kier molecular flexibility index (Phi) is 0.954. The third-order valence-corrected chi connectivity index (χ3v) is 0.789. The fourth-order valence-electron chi connectivity index (χ4n) is 0.428. The van der Waals surface area contributed by atoms with Crippen LogP contribution in [0.2, 0.25) is 0 Å². The third kappa shape index (κ3) is 1.03. The molecule has 42 valence electrons. The summed E-state index contributed by atoms with van der Waals surface area (Å²) in [6, 6.07) is 1.66. The van der Waals surface area contributed by atoms with Crippen molar-refractivity contribution in [1.29, 1.82) is 0 Å². The molecule has 1 aromatic heterocycles. The predicted molar refractivity (Wildman–Crippen MR) is 31.4 cm³/mol. The summed E-state index contributed by atoms with van der Waals surface area (Å²) >= 11 is 0. The van der Waals surface area contributed by atoms with Crippen molar-refractivity contribution in [3.05, 3.63) is 24.3 Å². The Morgan fingerprint density at radius 1 is 1.62 bits per heavy atom. The molecule has 0 aliphatic carbocycles. The fourth-order valence-corrected chi connectivity index (χ4v) is 0.428. The van der Waals surface area contributed by atoms with Crippen LogP contribution in [0.3, 0.4) is 0 Å². The zero-order valence-corrected chi connectivity index (χ0v) is 4.63. The van der Waals surface area contributed by atoms with Crippen LogP contribution in [0.5, 0.6) is 0 Å². The quantitative estimate of drug-likeness (QED) is 0.539. The maximum atomic E-state index is 7.21. The number of aryl methyl sites for hydroxylation is 1. The lowest BCUT2D eigenvalue weighted by Crippen LogP contribution is -1.87. The molecule has 0 radical (unpaired) electrons. The second kappa shape index (κ2) is 2.40. The summed E-state index contributed by atoms with van der Waals surface area (Å²) < 4.78 is 14.4. The molecule has 0 aliphatic heterocycles. The standard InChI is InChI=1S/C6H8N2/c1-2-6-7-4-3-5-8-6/h3-5H,2H2,1H3/i2D2. The van der Waals surface area contributed by atoms with E-state index in [2.05, 4.69) is 9.97 Å². The number of hydrogen-bond acceptors (Lipinski definition) is 2. The highest BCUT2D eigenvalue weighted by Crippen LogP contribution is 1.85. The first-order chi connectivity index (χ1) is 4.61. The van der Waals surface area contributed by atoms with E-state index in [1.807, 2.05) is 0 Å². The van der Waals surface area contributed by atoms with Crippen LogP contribution in [0.25, 0.3) is 0 Å². The van der Waals surface area contributed by atoms with E-state index in [0.717, 1.165) is 0 Å². The Hall–Kier alpha value is -0.920. The molecule has 0 N–H and O–H groups in total. The molecule has 0 fully saturated rings. The van der Waals surface area contributed by atoms with Gasteiger partial charge < -0.3 is 0 Å². The van der Waals surface area contributed by atoms with Gasteiger partial charge >= 0.3 is 0 Å². The van der Waals surface area contributed by atoms with Crippen molar-refractivity contribution < 1.29 is 2.74 Å². The molecule has 2 heteroatoms. The van der Waals surface area contributed by atoms with Gasteiger partial charge in [0, 0.05) is 21.5 Å². The van der Waals surface area contributed by atoms with Crippen molar-refractivity contribution in [2.24, 2.45) is 0 Å². The van der Waals surface area contributed by atoms with Gasteiger partial charge in [0.1, 0.15) is 5.82 Å². The summed E-state index contributed by atoms with van der Waals surface area (Å²) in [6.45, 7) is 1.43. The maximum absolute atomic E-state index is 7.21. The molecule has 0 saturated heterocycles. The predicted octanol–water partition coefficient (Wildman–Crippen LogP) is 1.04. The molecule has 0 aromatic carbocycles. The minimum atomic E-state index is -1.43. The molecule has 0 bridgehead atoms. The number of hydrogen-bond donors (Lipinski definition) is 0. The van der Waals surface area contributed by atoms with Gasteiger partial charge in [-0.05, 0) is 6.07 Å². The number of aromatic nitrogens is 2. The van der Waals surface area contributed by atoms with Crippen molar-refractivity contribution >= 4 is 0 Å². The highest BCUT2D eigenvalue weighted by atomic mass is 14.8. The average molecular weight is 110 g/mol. The van der Waals surface area contributed by atoms with E-state index in [1.165, 1.54) is 19.3 Å². The highest BCUT2D eigenvalue weighted by molar-refractivity contribution is 4.86. The largest absolute Gasteiger partial charge is 0.241 e. The van der Waals surface area contributed by atoms with Crippen molar-refractivity contribution in [3.63, 3.8) is 0 Å². The van der Waals surface area contributed by atoms with Crippen LogP contribution in [0.15, 0.2) is 18.5 Å². The van der Waals surface area contributed by atoms with E-state index in [4.69, 9.17) is 2.74 Å². The molecule has 0 unspecified atom stereocenters. The van der Waals surface area contributed by atoms with Crippen LogP contribution in [0, 0.1) is 0 Å². The van der Waals surface area contributed by atoms with E-state index in [-0.39, 0.29) is 5.82 Å². The van der Waals surface area contributed by atoms with Gasteiger partial charge in [0.25, 0.3) is 0 Å². The Balaban J connectivity index is 2.97. The van der Waals surface area contributed by atoms with Crippen molar-refractivity contribution in [1.82, 2.24) is 9.97 Å². The lowest BCUT2D eigenvalue weighted by Gasteiger charge is -1.87. The van der Waals surface area contributed by atoms with E-state index < -0.39 is 6.37 Å². The van der Waals surface area contributed by atoms with Gasteiger partial charge in [-0.1, -0.05) is 6.92 Å². The zero-order valence-electron chi connectivity index (χ0n) is 6.63. The van der Waals surface area contributed by atoms with E-state index in [0.29, 0.717) is 0 Å². The van der Waals surface area contributed by atoms with Crippen molar-refractivity contribution in [2.45, 2.75) is 13.3 Å².